The topological polar surface area (TPSA) is 87.7 Å². The Labute approximate surface area is 199 Å². The molecule has 3 heterocycles. The number of nitrogens with zero attached hydrogens (tertiary/aromatic N) is 2. The van der Waals surface area contributed by atoms with E-state index in [0.29, 0.717) is 37.1 Å². The number of halogens is 1. The first kappa shape index (κ1) is 21.7. The predicted octanol–water partition coefficient (Wildman–Crippen LogP) is 5.66. The van der Waals surface area contributed by atoms with Crippen molar-refractivity contribution in [2.45, 2.75) is 17.9 Å². The van der Waals surface area contributed by atoms with Crippen LogP contribution in [0.15, 0.2) is 58.7 Å². The van der Waals surface area contributed by atoms with Crippen LogP contribution in [0.2, 0.25) is 0 Å². The zero-order valence-corrected chi connectivity index (χ0v) is 19.7. The van der Waals surface area contributed by atoms with E-state index in [-0.39, 0.29) is 17.3 Å². The maximum Gasteiger partial charge on any atom is 0.260 e. The molecule has 5 rings (SSSR count). The van der Waals surface area contributed by atoms with E-state index < -0.39 is 5.25 Å². The Hall–Kier alpha value is -3.08. The van der Waals surface area contributed by atoms with Crippen LogP contribution in [-0.2, 0) is 10.5 Å². The third kappa shape index (κ3) is 4.54. The first-order chi connectivity index (χ1) is 16.0. The van der Waals surface area contributed by atoms with Crippen LogP contribution in [0.25, 0.3) is 31.6 Å². The summed E-state index contributed by atoms with van der Waals surface area (Å²) in [7, 11) is 0. The largest absolute Gasteiger partial charge is 0.309 e. The molecule has 1 unspecified atom stereocenters. The van der Waals surface area contributed by atoms with E-state index in [1.165, 1.54) is 46.6 Å². The summed E-state index contributed by atoms with van der Waals surface area (Å²) in [6, 6.07) is 14.1. The minimum absolute atomic E-state index is 0.186. The van der Waals surface area contributed by atoms with Gasteiger partial charge in [-0.1, -0.05) is 41.7 Å². The van der Waals surface area contributed by atoms with Crippen molar-refractivity contribution in [3.63, 3.8) is 0 Å². The summed E-state index contributed by atoms with van der Waals surface area (Å²) in [6.07, 6.45) is 0. The number of rotatable bonds is 6. The van der Waals surface area contributed by atoms with E-state index in [4.69, 9.17) is 0 Å². The van der Waals surface area contributed by atoms with Gasteiger partial charge in [0.1, 0.15) is 16.5 Å². The van der Waals surface area contributed by atoms with Crippen molar-refractivity contribution in [3.05, 3.63) is 75.9 Å². The smallest absolute Gasteiger partial charge is 0.260 e. The molecule has 0 saturated heterocycles. The van der Waals surface area contributed by atoms with Gasteiger partial charge in [-0.15, -0.1) is 23.1 Å². The highest BCUT2D eigenvalue weighted by molar-refractivity contribution is 7.99. The van der Waals surface area contributed by atoms with Gasteiger partial charge in [0.15, 0.2) is 5.13 Å². The molecule has 0 bridgehead atoms. The lowest BCUT2D eigenvalue weighted by molar-refractivity contribution is -0.115. The second-order valence-corrected chi connectivity index (χ2v) is 10.5. The van der Waals surface area contributed by atoms with E-state index in [0.717, 1.165) is 11.1 Å². The van der Waals surface area contributed by atoms with Crippen LogP contribution >= 0.6 is 34.4 Å². The average molecular weight is 497 g/mol. The van der Waals surface area contributed by atoms with E-state index in [1.807, 2.05) is 35.7 Å². The molecular weight excluding hydrogens is 479 g/mol. The fourth-order valence-corrected chi connectivity index (χ4v) is 5.95. The number of thioether (sulfide) groups is 1. The quantitative estimate of drug-likeness (QED) is 0.317. The molecule has 2 aromatic carbocycles. The van der Waals surface area contributed by atoms with Gasteiger partial charge in [0.25, 0.3) is 5.56 Å². The zero-order chi connectivity index (χ0) is 22.9. The van der Waals surface area contributed by atoms with Gasteiger partial charge in [-0.05, 0) is 30.7 Å². The number of aromatic nitrogens is 3. The summed E-state index contributed by atoms with van der Waals surface area (Å²) >= 11 is 4.02. The summed E-state index contributed by atoms with van der Waals surface area (Å²) in [6.45, 7) is 1.78. The van der Waals surface area contributed by atoms with Crippen molar-refractivity contribution in [3.8, 4) is 11.1 Å². The molecule has 166 valence electrons. The Kier molecular flexibility index (Phi) is 5.96. The molecule has 0 aliphatic rings. The van der Waals surface area contributed by atoms with Gasteiger partial charge in [0.05, 0.1) is 26.6 Å². The number of carbonyl (C=O) groups is 1. The third-order valence-corrected chi connectivity index (χ3v) is 7.96. The number of hydrogen-bond acceptors (Lipinski definition) is 7. The Morgan fingerprint density at radius 2 is 2.03 bits per heavy atom. The number of hydrogen-bond donors (Lipinski definition) is 2. The van der Waals surface area contributed by atoms with Gasteiger partial charge in [-0.3, -0.25) is 9.59 Å². The Morgan fingerprint density at radius 3 is 2.85 bits per heavy atom. The number of carbonyl (C=O) groups excluding carboxylic acids is 1. The maximum absolute atomic E-state index is 13.4. The SMILES string of the molecule is CC(SCc1nc2scc(-c3ccccc3)c2c(=O)[nH]1)C(=O)Nc1nc2ccc(F)cc2s1. The monoisotopic (exact) mass is 496 g/mol. The number of anilines is 1. The van der Waals surface area contributed by atoms with Crippen molar-refractivity contribution in [2.75, 3.05) is 5.32 Å². The first-order valence-electron chi connectivity index (χ1n) is 10.0. The van der Waals surface area contributed by atoms with Crippen molar-refractivity contribution >= 4 is 65.9 Å². The summed E-state index contributed by atoms with van der Waals surface area (Å²) in [5.41, 5.74) is 2.29. The molecule has 5 aromatic rings. The number of thiophene rings is 1. The minimum Gasteiger partial charge on any atom is -0.309 e. The first-order valence-corrected chi connectivity index (χ1v) is 12.8. The maximum atomic E-state index is 13.4. The van der Waals surface area contributed by atoms with Crippen molar-refractivity contribution in [1.82, 2.24) is 15.0 Å². The van der Waals surface area contributed by atoms with E-state index in [9.17, 15) is 14.0 Å². The highest BCUT2D eigenvalue weighted by Gasteiger charge is 2.18. The highest BCUT2D eigenvalue weighted by Crippen LogP contribution is 2.31. The molecule has 0 spiro atoms. The number of fused-ring (bicyclic) bond motifs is 2. The van der Waals surface area contributed by atoms with Crippen molar-refractivity contribution in [2.24, 2.45) is 0 Å². The van der Waals surface area contributed by atoms with Crippen LogP contribution < -0.4 is 10.9 Å². The minimum atomic E-state index is -0.405. The predicted molar refractivity (Wildman–Crippen MR) is 135 cm³/mol. The summed E-state index contributed by atoms with van der Waals surface area (Å²) in [5.74, 6) is 0.344. The molecule has 2 N–H and O–H groups in total. The number of nitrogens with one attached hydrogen (secondary N) is 2. The van der Waals surface area contributed by atoms with Crippen LogP contribution in [0.4, 0.5) is 9.52 Å². The van der Waals surface area contributed by atoms with E-state index >= 15 is 0 Å². The van der Waals surface area contributed by atoms with Crippen molar-refractivity contribution < 1.29 is 9.18 Å². The number of H-pyrrole nitrogens is 1. The highest BCUT2D eigenvalue weighted by atomic mass is 32.2. The fourth-order valence-electron chi connectivity index (χ4n) is 3.33. The standard InChI is InChI=1S/C23H17FN4O2S3/c1-12(20(29)28-23-25-16-8-7-14(24)9-17(16)33-23)31-11-18-26-21(30)19-15(10-32-22(19)27-18)13-5-3-2-4-6-13/h2-10,12H,11H2,1H3,(H,25,28,29)(H,26,27,30). The molecule has 0 radical (unpaired) electrons. The lowest BCUT2D eigenvalue weighted by Crippen LogP contribution is -2.22. The zero-order valence-electron chi connectivity index (χ0n) is 17.3. The second-order valence-electron chi connectivity index (χ2n) is 7.28. The van der Waals surface area contributed by atoms with Crippen LogP contribution in [-0.4, -0.2) is 26.1 Å². The van der Waals surface area contributed by atoms with Crippen LogP contribution in [0, 0.1) is 5.82 Å². The fraction of sp³-hybridized carbons (Fsp3) is 0.130. The van der Waals surface area contributed by atoms with Crippen LogP contribution in [0.1, 0.15) is 12.7 Å². The summed E-state index contributed by atoms with van der Waals surface area (Å²) in [4.78, 5) is 37.8. The molecule has 3 aromatic heterocycles. The lowest BCUT2D eigenvalue weighted by atomic mass is 10.1. The van der Waals surface area contributed by atoms with Gasteiger partial charge in [0, 0.05) is 10.9 Å². The lowest BCUT2D eigenvalue weighted by Gasteiger charge is -2.10. The molecule has 0 saturated carbocycles. The molecule has 1 atom stereocenters. The summed E-state index contributed by atoms with van der Waals surface area (Å²) < 4.78 is 14.0. The number of aromatic amines is 1. The molecule has 0 fully saturated rings. The molecule has 1 amide bonds. The van der Waals surface area contributed by atoms with Crippen molar-refractivity contribution in [1.29, 1.82) is 0 Å². The molecular formula is C23H17FN4O2S3. The van der Waals surface area contributed by atoms with Gasteiger partial charge in [0.2, 0.25) is 5.91 Å². The van der Waals surface area contributed by atoms with E-state index in [1.54, 1.807) is 13.0 Å². The van der Waals surface area contributed by atoms with Gasteiger partial charge < -0.3 is 10.3 Å². The number of benzene rings is 2. The van der Waals surface area contributed by atoms with Gasteiger partial charge in [-0.25, -0.2) is 14.4 Å². The molecule has 6 nitrogen and oxygen atoms in total. The van der Waals surface area contributed by atoms with Crippen LogP contribution in [0.5, 0.6) is 0 Å². The second kappa shape index (κ2) is 9.05. The van der Waals surface area contributed by atoms with Crippen LogP contribution in [0.3, 0.4) is 0 Å². The normalized spacial score (nSPS) is 12.3. The summed E-state index contributed by atoms with van der Waals surface area (Å²) in [5, 5.41) is 5.33. The molecule has 0 aliphatic heterocycles. The third-order valence-electron chi connectivity index (χ3n) is 5.00. The van der Waals surface area contributed by atoms with Gasteiger partial charge in [-0.2, -0.15) is 0 Å². The number of thiazole rings is 1. The molecule has 10 heteroatoms. The molecule has 0 aliphatic carbocycles. The Balaban J connectivity index is 1.27. The van der Waals surface area contributed by atoms with E-state index in [2.05, 4.69) is 20.3 Å². The Bertz CT molecular complexity index is 1530. The average Bonchev–Trinajstić information content (AvgIpc) is 3.41. The Morgan fingerprint density at radius 1 is 1.21 bits per heavy atom. The number of amides is 1. The molecule has 33 heavy (non-hydrogen) atoms. The van der Waals surface area contributed by atoms with Gasteiger partial charge >= 0.3 is 0 Å².